The second-order valence-corrected chi connectivity index (χ2v) is 8.35. The van der Waals surface area contributed by atoms with Crippen molar-refractivity contribution in [1.29, 1.82) is 0 Å². The highest BCUT2D eigenvalue weighted by Crippen LogP contribution is 2.17. The topological polar surface area (TPSA) is 97.9 Å². The fraction of sp³-hybridized carbons (Fsp3) is 0.385. The van der Waals surface area contributed by atoms with E-state index in [-0.39, 0.29) is 11.6 Å². The maximum atomic E-state index is 12.4. The molecule has 0 aliphatic carbocycles. The Bertz CT molecular complexity index is 1230. The number of rotatable bonds is 12. The Morgan fingerprint density at radius 3 is 2.79 bits per heavy atom. The second kappa shape index (κ2) is 11.6. The van der Waals surface area contributed by atoms with Gasteiger partial charge >= 0.3 is 0 Å². The van der Waals surface area contributed by atoms with Gasteiger partial charge in [-0.1, -0.05) is 31.5 Å². The van der Waals surface area contributed by atoms with E-state index in [2.05, 4.69) is 50.3 Å². The molecule has 0 fully saturated rings. The van der Waals surface area contributed by atoms with E-state index in [1.807, 2.05) is 25.1 Å². The first-order chi connectivity index (χ1) is 16.7. The third kappa shape index (κ3) is 5.88. The van der Waals surface area contributed by atoms with Gasteiger partial charge in [0, 0.05) is 38.7 Å². The first kappa shape index (κ1) is 23.6. The number of carbonyl (C=O) groups excluding carboxylic acids is 1. The summed E-state index contributed by atoms with van der Waals surface area (Å²) in [4.78, 5) is 25.8. The van der Waals surface area contributed by atoms with Crippen molar-refractivity contribution in [3.63, 3.8) is 0 Å². The number of amides is 1. The van der Waals surface area contributed by atoms with Crippen molar-refractivity contribution in [3.8, 4) is 0 Å². The molecule has 0 aliphatic heterocycles. The first-order valence-corrected chi connectivity index (χ1v) is 11.9. The van der Waals surface area contributed by atoms with E-state index in [0.29, 0.717) is 25.4 Å². The largest absolute Gasteiger partial charge is 0.448 e. The molecule has 1 aromatic carbocycles. The molecule has 2 N–H and O–H groups in total. The summed E-state index contributed by atoms with van der Waals surface area (Å²) < 4.78 is 7.82. The van der Waals surface area contributed by atoms with E-state index in [0.717, 1.165) is 55.0 Å². The molecule has 8 nitrogen and oxygen atoms in total. The molecule has 4 rings (SSSR count). The predicted molar refractivity (Wildman–Crippen MR) is 132 cm³/mol. The number of unbranched alkanes of at least 4 members (excludes halogenated alkanes) is 1. The number of fused-ring (bicyclic) bond motifs is 1. The molecule has 0 saturated carbocycles. The summed E-state index contributed by atoms with van der Waals surface area (Å²) in [6.07, 6.45) is 6.89. The van der Waals surface area contributed by atoms with Gasteiger partial charge in [-0.05, 0) is 37.1 Å². The molecule has 8 heteroatoms. The Morgan fingerprint density at radius 1 is 1.09 bits per heavy atom. The van der Waals surface area contributed by atoms with Crippen LogP contribution < -0.4 is 10.6 Å². The maximum Gasteiger partial charge on any atom is 0.273 e. The molecule has 0 atom stereocenters. The normalized spacial score (nSPS) is 11.2. The molecule has 34 heavy (non-hydrogen) atoms. The lowest BCUT2D eigenvalue weighted by Crippen LogP contribution is -2.24. The van der Waals surface area contributed by atoms with E-state index < -0.39 is 0 Å². The summed E-state index contributed by atoms with van der Waals surface area (Å²) in [6.45, 7) is 7.05. The number of hydrogen-bond donors (Lipinski definition) is 2. The number of nitrogens with one attached hydrogen (secondary N) is 2. The van der Waals surface area contributed by atoms with Crippen LogP contribution in [0.1, 0.15) is 53.2 Å². The van der Waals surface area contributed by atoms with Crippen molar-refractivity contribution in [2.45, 2.75) is 52.6 Å². The number of oxazole rings is 1. The van der Waals surface area contributed by atoms with Crippen LogP contribution >= 0.6 is 0 Å². The minimum Gasteiger partial charge on any atom is -0.448 e. The first-order valence-electron chi connectivity index (χ1n) is 11.9. The zero-order chi connectivity index (χ0) is 23.8. The number of benzene rings is 1. The number of aryl methyl sites for hydroxylation is 2. The molecule has 1 amide bonds. The van der Waals surface area contributed by atoms with Gasteiger partial charge in [-0.3, -0.25) is 9.78 Å². The lowest BCUT2D eigenvalue weighted by atomic mass is 10.2. The Labute approximate surface area is 199 Å². The van der Waals surface area contributed by atoms with Gasteiger partial charge in [0.25, 0.3) is 5.91 Å². The molecule has 3 aromatic heterocycles. The number of pyridine rings is 1. The summed E-state index contributed by atoms with van der Waals surface area (Å²) in [5.74, 6) is 1.39. The van der Waals surface area contributed by atoms with Gasteiger partial charge in [-0.25, -0.2) is 9.97 Å². The lowest BCUT2D eigenvalue weighted by molar-refractivity contribution is 0.0945. The second-order valence-electron chi connectivity index (χ2n) is 8.35. The number of para-hydroxylation sites is 2. The molecular formula is C26H32N6O2. The van der Waals surface area contributed by atoms with Gasteiger partial charge in [0.1, 0.15) is 12.1 Å². The van der Waals surface area contributed by atoms with Crippen LogP contribution in [0.2, 0.25) is 0 Å². The Morgan fingerprint density at radius 2 is 1.94 bits per heavy atom. The summed E-state index contributed by atoms with van der Waals surface area (Å²) in [5.41, 5.74) is 4.42. The molecule has 0 saturated heterocycles. The number of hydrogen-bond acceptors (Lipinski definition) is 6. The third-order valence-electron chi connectivity index (χ3n) is 5.83. The van der Waals surface area contributed by atoms with Crippen LogP contribution in [0.4, 0.5) is 0 Å². The molecule has 4 aromatic rings. The van der Waals surface area contributed by atoms with Gasteiger partial charge in [0.15, 0.2) is 11.6 Å². The van der Waals surface area contributed by atoms with Gasteiger partial charge < -0.3 is 19.6 Å². The minimum absolute atomic E-state index is 0.265. The summed E-state index contributed by atoms with van der Waals surface area (Å²) >= 11 is 0. The fourth-order valence-electron chi connectivity index (χ4n) is 3.89. The monoisotopic (exact) mass is 460 g/mol. The van der Waals surface area contributed by atoms with Gasteiger partial charge in [0.05, 0.1) is 23.3 Å². The van der Waals surface area contributed by atoms with Crippen LogP contribution in [0.25, 0.3) is 11.0 Å². The third-order valence-corrected chi connectivity index (χ3v) is 5.83. The zero-order valence-corrected chi connectivity index (χ0v) is 19.9. The molecule has 0 aliphatic rings. The molecule has 0 unspecified atom stereocenters. The molecule has 3 heterocycles. The molecule has 178 valence electrons. The van der Waals surface area contributed by atoms with E-state index in [9.17, 15) is 4.79 Å². The number of imidazole rings is 1. The maximum absolute atomic E-state index is 12.4. The molecular weight excluding hydrogens is 428 g/mol. The molecule has 0 spiro atoms. The zero-order valence-electron chi connectivity index (χ0n) is 19.9. The van der Waals surface area contributed by atoms with Gasteiger partial charge in [0.2, 0.25) is 0 Å². The van der Waals surface area contributed by atoms with Crippen LogP contribution in [0.3, 0.4) is 0 Å². The molecule has 0 radical (unpaired) electrons. The van der Waals surface area contributed by atoms with Crippen LogP contribution in [0.5, 0.6) is 0 Å². The van der Waals surface area contributed by atoms with Crippen molar-refractivity contribution < 1.29 is 9.21 Å². The highest BCUT2D eigenvalue weighted by atomic mass is 16.3. The molecule has 0 bridgehead atoms. The minimum atomic E-state index is -0.265. The standard InChI is InChI=1S/C26H32N6O2/c1-3-4-16-32-23-10-6-5-9-20(23)30-24(32)11-14-27-15-12-25-31-22(18-34-25)26(33)29-17-21-19(2)8-7-13-28-21/h5-10,13,18,27H,3-4,11-12,14-17H2,1-2H3,(H,29,33). The van der Waals surface area contributed by atoms with Crippen molar-refractivity contribution >= 4 is 16.9 Å². The summed E-state index contributed by atoms with van der Waals surface area (Å²) in [6, 6.07) is 12.2. The Balaban J connectivity index is 1.23. The van der Waals surface area contributed by atoms with Crippen LogP contribution in [-0.4, -0.2) is 38.5 Å². The summed E-state index contributed by atoms with van der Waals surface area (Å²) in [7, 11) is 0. The average Bonchev–Trinajstić information content (AvgIpc) is 3.46. The summed E-state index contributed by atoms with van der Waals surface area (Å²) in [5, 5.41) is 6.29. The fourth-order valence-corrected chi connectivity index (χ4v) is 3.89. The Hall–Kier alpha value is -3.52. The van der Waals surface area contributed by atoms with Crippen LogP contribution in [-0.2, 0) is 25.9 Å². The number of carbonyl (C=O) groups is 1. The van der Waals surface area contributed by atoms with Gasteiger partial charge in [-0.15, -0.1) is 0 Å². The van der Waals surface area contributed by atoms with E-state index >= 15 is 0 Å². The Kier molecular flexibility index (Phi) is 8.04. The number of aromatic nitrogens is 4. The van der Waals surface area contributed by atoms with Crippen LogP contribution in [0.15, 0.2) is 53.3 Å². The van der Waals surface area contributed by atoms with Gasteiger partial charge in [-0.2, -0.15) is 0 Å². The van der Waals surface area contributed by atoms with Crippen LogP contribution in [0, 0.1) is 6.92 Å². The van der Waals surface area contributed by atoms with E-state index in [1.165, 1.54) is 11.8 Å². The highest BCUT2D eigenvalue weighted by molar-refractivity contribution is 5.91. The predicted octanol–water partition coefficient (Wildman–Crippen LogP) is 3.83. The quantitative estimate of drug-likeness (QED) is 0.312. The van der Waals surface area contributed by atoms with E-state index in [4.69, 9.17) is 9.40 Å². The average molecular weight is 461 g/mol. The number of nitrogens with zero attached hydrogens (tertiary/aromatic N) is 4. The smallest absolute Gasteiger partial charge is 0.273 e. The lowest BCUT2D eigenvalue weighted by Gasteiger charge is -2.09. The van der Waals surface area contributed by atoms with E-state index in [1.54, 1.807) is 6.20 Å². The van der Waals surface area contributed by atoms with Crippen molar-refractivity contribution in [2.24, 2.45) is 0 Å². The highest BCUT2D eigenvalue weighted by Gasteiger charge is 2.13. The SMILES string of the molecule is CCCCn1c(CCNCCc2nc(C(=O)NCc3ncccc3C)co2)nc2ccccc21. The van der Waals surface area contributed by atoms with Crippen molar-refractivity contribution in [1.82, 2.24) is 30.2 Å². The van der Waals surface area contributed by atoms with Crippen molar-refractivity contribution in [3.05, 3.63) is 77.5 Å². The van der Waals surface area contributed by atoms with Crippen molar-refractivity contribution in [2.75, 3.05) is 13.1 Å².